The number of methoxy groups -OCH3 is 1. The third kappa shape index (κ3) is 4.57. The van der Waals surface area contributed by atoms with E-state index in [1.54, 1.807) is 18.7 Å². The van der Waals surface area contributed by atoms with E-state index < -0.39 is 0 Å². The van der Waals surface area contributed by atoms with Crippen LogP contribution in [0, 0.1) is 6.92 Å². The molecule has 4 aromatic rings. The Morgan fingerprint density at radius 1 is 1.12 bits per heavy atom. The van der Waals surface area contributed by atoms with Crippen LogP contribution < -0.4 is 4.74 Å². The summed E-state index contributed by atoms with van der Waals surface area (Å²) in [5, 5.41) is 13.7. The third-order valence-electron chi connectivity index (χ3n) is 5.04. The van der Waals surface area contributed by atoms with E-state index in [4.69, 9.17) is 14.5 Å². The van der Waals surface area contributed by atoms with Crippen LogP contribution in [0.1, 0.15) is 34.1 Å². The minimum Gasteiger partial charge on any atom is -0.497 e. The minimum absolute atomic E-state index is 0.303. The predicted molar refractivity (Wildman–Crippen MR) is 122 cm³/mol. The molecule has 0 spiro atoms. The molecule has 0 saturated heterocycles. The maximum Gasteiger partial charge on any atom is 0.340 e. The molecule has 0 aliphatic rings. The molecule has 9 heteroatoms. The Balaban J connectivity index is 1.60. The maximum atomic E-state index is 12.7. The number of aromatic nitrogens is 5. The topological polar surface area (TPSA) is 92.0 Å². The van der Waals surface area contributed by atoms with Crippen molar-refractivity contribution in [3.8, 4) is 5.75 Å². The molecule has 4 rings (SSSR count). The number of carbonyl (C=O) groups excluding carboxylic acids is 1. The van der Waals surface area contributed by atoms with Crippen molar-refractivity contribution >= 4 is 28.6 Å². The number of esters is 1. The van der Waals surface area contributed by atoms with Gasteiger partial charge in [0.25, 0.3) is 0 Å². The molecule has 0 fully saturated rings. The van der Waals surface area contributed by atoms with Gasteiger partial charge in [0, 0.05) is 11.1 Å². The van der Waals surface area contributed by atoms with Crippen molar-refractivity contribution in [1.82, 2.24) is 25.2 Å². The lowest BCUT2D eigenvalue weighted by Crippen LogP contribution is -2.12. The van der Waals surface area contributed by atoms with E-state index in [0.717, 1.165) is 27.8 Å². The van der Waals surface area contributed by atoms with Crippen LogP contribution >= 0.6 is 11.8 Å². The van der Waals surface area contributed by atoms with E-state index in [0.29, 0.717) is 35.3 Å². The average Bonchev–Trinajstić information content (AvgIpc) is 3.25. The van der Waals surface area contributed by atoms with Crippen molar-refractivity contribution in [2.75, 3.05) is 13.7 Å². The van der Waals surface area contributed by atoms with Gasteiger partial charge in [0.15, 0.2) is 0 Å². The minimum atomic E-state index is -0.364. The van der Waals surface area contributed by atoms with Crippen LogP contribution in [-0.4, -0.2) is 44.9 Å². The number of ether oxygens (including phenoxy) is 2. The van der Waals surface area contributed by atoms with Crippen LogP contribution in [-0.2, 0) is 17.0 Å². The van der Waals surface area contributed by atoms with Gasteiger partial charge in [-0.1, -0.05) is 42.1 Å². The number of tetrazole rings is 1. The van der Waals surface area contributed by atoms with E-state index >= 15 is 0 Å². The lowest BCUT2D eigenvalue weighted by atomic mass is 10.0. The zero-order valence-electron chi connectivity index (χ0n) is 18.1. The van der Waals surface area contributed by atoms with Crippen molar-refractivity contribution in [3.05, 3.63) is 70.9 Å². The normalized spacial score (nSPS) is 11.0. The molecule has 0 unspecified atom stereocenters. The molecule has 0 aliphatic heterocycles. The van der Waals surface area contributed by atoms with Gasteiger partial charge in [-0.25, -0.2) is 9.48 Å². The second-order valence-corrected chi connectivity index (χ2v) is 7.99. The molecular weight excluding hydrogens is 426 g/mol. The van der Waals surface area contributed by atoms with Crippen molar-refractivity contribution in [2.45, 2.75) is 31.3 Å². The molecule has 2 heterocycles. The predicted octanol–water partition coefficient (Wildman–Crippen LogP) is 4.06. The smallest absolute Gasteiger partial charge is 0.340 e. The molecule has 2 aromatic heterocycles. The second-order valence-electron chi connectivity index (χ2n) is 7.05. The molecule has 0 atom stereocenters. The summed E-state index contributed by atoms with van der Waals surface area (Å²) in [6.07, 6.45) is 0. The van der Waals surface area contributed by atoms with Crippen LogP contribution in [0.5, 0.6) is 5.75 Å². The first kappa shape index (κ1) is 21.8. The average molecular weight is 450 g/mol. The SMILES string of the molecule is CCOC(=O)c1c(CSc2nnnn2Cc2ccc(OC)cc2)nc2ccccc2c1C. The number of thioether (sulfide) groups is 1. The number of nitrogens with zero attached hydrogens (tertiary/aromatic N) is 5. The van der Waals surface area contributed by atoms with Crippen molar-refractivity contribution < 1.29 is 14.3 Å². The number of pyridine rings is 1. The highest BCUT2D eigenvalue weighted by atomic mass is 32.2. The quantitative estimate of drug-likeness (QED) is 0.294. The molecule has 2 aromatic carbocycles. The number of fused-ring (bicyclic) bond motifs is 1. The fourth-order valence-corrected chi connectivity index (χ4v) is 4.27. The Morgan fingerprint density at radius 2 is 1.91 bits per heavy atom. The number of hydrogen-bond donors (Lipinski definition) is 0. The van der Waals surface area contributed by atoms with Gasteiger partial charge in [-0.15, -0.1) is 5.10 Å². The van der Waals surface area contributed by atoms with Crippen LogP contribution in [0.3, 0.4) is 0 Å². The second kappa shape index (κ2) is 9.78. The molecular formula is C23H23N5O3S. The number of para-hydroxylation sites is 1. The van der Waals surface area contributed by atoms with E-state index in [2.05, 4.69) is 15.5 Å². The molecule has 8 nitrogen and oxygen atoms in total. The first-order valence-electron chi connectivity index (χ1n) is 10.2. The molecule has 0 radical (unpaired) electrons. The van der Waals surface area contributed by atoms with Crippen LogP contribution in [0.2, 0.25) is 0 Å². The van der Waals surface area contributed by atoms with Gasteiger partial charge >= 0.3 is 5.97 Å². The van der Waals surface area contributed by atoms with E-state index in [9.17, 15) is 4.79 Å². The Bertz CT molecular complexity index is 1240. The van der Waals surface area contributed by atoms with E-state index in [-0.39, 0.29) is 5.97 Å². The van der Waals surface area contributed by atoms with Gasteiger partial charge in [-0.3, -0.25) is 4.98 Å². The number of rotatable bonds is 8. The fourth-order valence-electron chi connectivity index (χ4n) is 3.46. The summed E-state index contributed by atoms with van der Waals surface area (Å²) in [6.45, 7) is 4.55. The van der Waals surface area contributed by atoms with Crippen molar-refractivity contribution in [3.63, 3.8) is 0 Å². The summed E-state index contributed by atoms with van der Waals surface area (Å²) in [5.74, 6) is 0.865. The monoisotopic (exact) mass is 449 g/mol. The third-order valence-corrected chi connectivity index (χ3v) is 6.00. The van der Waals surface area contributed by atoms with E-state index in [1.165, 1.54) is 11.8 Å². The lowest BCUT2D eigenvalue weighted by molar-refractivity contribution is 0.0524. The van der Waals surface area contributed by atoms with Crippen molar-refractivity contribution in [2.24, 2.45) is 0 Å². The van der Waals surface area contributed by atoms with Crippen LogP contribution in [0.25, 0.3) is 10.9 Å². The van der Waals surface area contributed by atoms with Gasteiger partial charge in [0.2, 0.25) is 5.16 Å². The maximum absolute atomic E-state index is 12.7. The summed E-state index contributed by atoms with van der Waals surface area (Å²) in [7, 11) is 1.64. The highest BCUT2D eigenvalue weighted by Crippen LogP contribution is 2.28. The summed E-state index contributed by atoms with van der Waals surface area (Å²) in [5.41, 5.74) is 3.91. The Labute approximate surface area is 189 Å². The Kier molecular flexibility index (Phi) is 6.65. The van der Waals surface area contributed by atoms with Crippen molar-refractivity contribution in [1.29, 1.82) is 0 Å². The Hall–Kier alpha value is -3.46. The standard InChI is InChI=1S/C23H23N5O3S/c1-4-31-22(29)21-15(2)18-7-5-6-8-19(18)24-20(21)14-32-23-25-26-27-28(23)13-16-9-11-17(30-3)12-10-16/h5-12H,4,13-14H2,1-3H3. The summed E-state index contributed by atoms with van der Waals surface area (Å²) < 4.78 is 12.2. The highest BCUT2D eigenvalue weighted by Gasteiger charge is 2.21. The first-order valence-corrected chi connectivity index (χ1v) is 11.2. The highest BCUT2D eigenvalue weighted by molar-refractivity contribution is 7.98. The van der Waals surface area contributed by atoms with Gasteiger partial charge < -0.3 is 9.47 Å². The zero-order chi connectivity index (χ0) is 22.5. The van der Waals surface area contributed by atoms with Crippen LogP contribution in [0.4, 0.5) is 0 Å². The molecule has 0 N–H and O–H groups in total. The van der Waals surface area contributed by atoms with Gasteiger partial charge in [0.05, 0.1) is 37.0 Å². The largest absolute Gasteiger partial charge is 0.497 e. The number of carbonyl (C=O) groups is 1. The molecule has 164 valence electrons. The molecule has 0 aliphatic carbocycles. The molecule has 0 bridgehead atoms. The number of aryl methyl sites for hydroxylation is 1. The van der Waals surface area contributed by atoms with Gasteiger partial charge in [0.1, 0.15) is 5.75 Å². The number of hydrogen-bond acceptors (Lipinski definition) is 8. The van der Waals surface area contributed by atoms with Gasteiger partial charge in [-0.05, 0) is 53.6 Å². The molecule has 0 saturated carbocycles. The van der Waals surface area contributed by atoms with E-state index in [1.807, 2.05) is 55.5 Å². The summed E-state index contributed by atoms with van der Waals surface area (Å²) in [6, 6.07) is 15.5. The van der Waals surface area contributed by atoms with Crippen LogP contribution in [0.15, 0.2) is 53.7 Å². The van der Waals surface area contributed by atoms with Gasteiger partial charge in [-0.2, -0.15) is 0 Å². The zero-order valence-corrected chi connectivity index (χ0v) is 18.9. The molecule has 32 heavy (non-hydrogen) atoms. The summed E-state index contributed by atoms with van der Waals surface area (Å²) >= 11 is 1.43. The Morgan fingerprint density at radius 3 is 2.66 bits per heavy atom. The molecule has 0 amide bonds. The first-order chi connectivity index (χ1) is 15.6. The lowest BCUT2D eigenvalue weighted by Gasteiger charge is -2.13. The number of benzene rings is 2. The fraction of sp³-hybridized carbons (Fsp3) is 0.261. The summed E-state index contributed by atoms with van der Waals surface area (Å²) in [4.78, 5) is 17.5.